The Labute approximate surface area is 102 Å². The molecular weight excluding hydrogens is 215 g/mol. The van der Waals surface area contributed by atoms with Gasteiger partial charge in [0.15, 0.2) is 5.81 Å². The van der Waals surface area contributed by atoms with E-state index in [-0.39, 0.29) is 11.7 Å². The molecule has 0 bridgehead atoms. The zero-order valence-electron chi connectivity index (χ0n) is 10.2. The first kappa shape index (κ1) is 13.3. The number of hydrogen-bond acceptors (Lipinski definition) is 2. The average Bonchev–Trinajstić information content (AvgIpc) is 2.34. The maximum atomic E-state index is 11.1. The monoisotopic (exact) mass is 232 g/mol. The van der Waals surface area contributed by atoms with Crippen LogP contribution in [0.4, 0.5) is 4.79 Å². The van der Waals surface area contributed by atoms with E-state index in [2.05, 4.69) is 10.6 Å². The minimum atomic E-state index is -0.0377. The molecule has 5 heteroatoms. The first-order chi connectivity index (χ1) is 8.11. The topological polar surface area (TPSA) is 58.2 Å². The highest BCUT2D eigenvalue weighted by Gasteiger charge is 1.98. The van der Waals surface area contributed by atoms with Crippen LogP contribution in [0.2, 0.25) is 0 Å². The first-order valence-corrected chi connectivity index (χ1v) is 5.70. The Morgan fingerprint density at radius 1 is 1.06 bits per heavy atom. The molecular formula is C12H17BN2O2. The fraction of sp³-hybridized carbons (Fsp3) is 0.333. The van der Waals surface area contributed by atoms with E-state index in [1.807, 2.05) is 31.2 Å². The predicted octanol–water partition coefficient (Wildman–Crippen LogP) is 0.555. The summed E-state index contributed by atoms with van der Waals surface area (Å²) in [5, 5.41) is 5.54. The molecule has 2 N–H and O–H groups in total. The summed E-state index contributed by atoms with van der Waals surface area (Å²) in [7, 11) is 1.49. The SMILES string of the molecule is BC(=O)NCc1ccc(CNC(=O)CC)cc1. The van der Waals surface area contributed by atoms with Crippen molar-refractivity contribution >= 4 is 19.6 Å². The fourth-order valence-electron chi connectivity index (χ4n) is 1.33. The van der Waals surface area contributed by atoms with Crippen LogP contribution in [0.15, 0.2) is 24.3 Å². The number of carbonyl (C=O) groups is 2. The van der Waals surface area contributed by atoms with Gasteiger partial charge < -0.3 is 10.6 Å². The zero-order valence-corrected chi connectivity index (χ0v) is 10.2. The van der Waals surface area contributed by atoms with Crippen LogP contribution in [0, 0.1) is 0 Å². The lowest BCUT2D eigenvalue weighted by atomic mass is 10.1. The van der Waals surface area contributed by atoms with Crippen molar-refractivity contribution in [3.63, 3.8) is 0 Å². The second kappa shape index (κ2) is 6.73. The van der Waals surface area contributed by atoms with Crippen molar-refractivity contribution in [2.24, 2.45) is 0 Å². The van der Waals surface area contributed by atoms with Gasteiger partial charge in [0.25, 0.3) is 0 Å². The Bertz CT molecular complexity index is 390. The van der Waals surface area contributed by atoms with E-state index in [4.69, 9.17) is 0 Å². The van der Waals surface area contributed by atoms with Crippen molar-refractivity contribution in [2.75, 3.05) is 0 Å². The van der Waals surface area contributed by atoms with Crippen molar-refractivity contribution in [1.29, 1.82) is 0 Å². The van der Waals surface area contributed by atoms with Gasteiger partial charge >= 0.3 is 0 Å². The molecule has 0 radical (unpaired) electrons. The molecule has 0 aliphatic carbocycles. The highest BCUT2D eigenvalue weighted by Crippen LogP contribution is 2.04. The van der Waals surface area contributed by atoms with E-state index >= 15 is 0 Å². The Balaban J connectivity index is 2.44. The van der Waals surface area contributed by atoms with Crippen molar-refractivity contribution < 1.29 is 9.59 Å². The Kier molecular flexibility index (Phi) is 5.26. The van der Waals surface area contributed by atoms with Gasteiger partial charge in [-0.15, -0.1) is 0 Å². The fourth-order valence-corrected chi connectivity index (χ4v) is 1.33. The van der Waals surface area contributed by atoms with Gasteiger partial charge in [-0.05, 0) is 11.1 Å². The standard InChI is InChI=1S/C12H17BN2O2/c1-2-11(16)14-7-9-3-5-10(6-4-9)8-15-12(13)17/h3-6H,2,7-8,13H2,1H3,(H,14,16)(H,15,17). The third-order valence-electron chi connectivity index (χ3n) is 2.38. The maximum Gasteiger partial charge on any atom is 0.219 e. The molecule has 1 rings (SSSR count). The number of hydrogen-bond donors (Lipinski definition) is 2. The molecule has 4 nitrogen and oxygen atoms in total. The largest absolute Gasteiger partial charge is 0.361 e. The van der Waals surface area contributed by atoms with Crippen molar-refractivity contribution in [1.82, 2.24) is 10.6 Å². The number of carbonyl (C=O) groups excluding carboxylic acids is 2. The second-order valence-electron chi connectivity index (χ2n) is 3.86. The van der Waals surface area contributed by atoms with Crippen LogP contribution < -0.4 is 10.6 Å². The molecule has 1 aromatic rings. The van der Waals surface area contributed by atoms with Crippen molar-refractivity contribution in [3.8, 4) is 0 Å². The van der Waals surface area contributed by atoms with Crippen LogP contribution in [-0.4, -0.2) is 19.6 Å². The van der Waals surface area contributed by atoms with Crippen LogP contribution in [-0.2, 0) is 17.9 Å². The summed E-state index contributed by atoms with van der Waals surface area (Å²) < 4.78 is 0. The molecule has 0 atom stereocenters. The third kappa shape index (κ3) is 5.20. The molecule has 2 amide bonds. The highest BCUT2D eigenvalue weighted by molar-refractivity contribution is 6.57. The lowest BCUT2D eigenvalue weighted by Crippen LogP contribution is -2.22. The molecule has 17 heavy (non-hydrogen) atoms. The number of amides is 2. The van der Waals surface area contributed by atoms with Crippen molar-refractivity contribution in [2.45, 2.75) is 26.4 Å². The van der Waals surface area contributed by atoms with E-state index in [0.29, 0.717) is 19.5 Å². The predicted molar refractivity (Wildman–Crippen MR) is 69.4 cm³/mol. The summed E-state index contributed by atoms with van der Waals surface area (Å²) in [6.07, 6.45) is 0.501. The van der Waals surface area contributed by atoms with Crippen LogP contribution in [0.5, 0.6) is 0 Å². The van der Waals surface area contributed by atoms with Gasteiger partial charge in [-0.3, -0.25) is 9.59 Å². The first-order valence-electron chi connectivity index (χ1n) is 5.70. The second-order valence-corrected chi connectivity index (χ2v) is 3.86. The van der Waals surface area contributed by atoms with E-state index in [1.165, 1.54) is 7.85 Å². The Morgan fingerprint density at radius 2 is 1.53 bits per heavy atom. The highest BCUT2D eigenvalue weighted by atomic mass is 16.1. The van der Waals surface area contributed by atoms with Gasteiger partial charge in [0, 0.05) is 19.5 Å². The minimum Gasteiger partial charge on any atom is -0.361 e. The van der Waals surface area contributed by atoms with E-state index in [1.54, 1.807) is 0 Å². The summed E-state index contributed by atoms with van der Waals surface area (Å²) in [6.45, 7) is 2.91. The lowest BCUT2D eigenvalue weighted by molar-refractivity contribution is -0.120. The summed E-state index contributed by atoms with van der Waals surface area (Å²) >= 11 is 0. The third-order valence-corrected chi connectivity index (χ3v) is 2.38. The molecule has 0 unspecified atom stereocenters. The molecule has 0 spiro atoms. The van der Waals surface area contributed by atoms with Gasteiger partial charge in [-0.25, -0.2) is 0 Å². The maximum absolute atomic E-state index is 11.1. The number of nitrogens with one attached hydrogen (secondary N) is 2. The van der Waals surface area contributed by atoms with Gasteiger partial charge in [0.05, 0.1) is 0 Å². The Hall–Kier alpha value is -1.78. The van der Waals surface area contributed by atoms with Crippen LogP contribution in [0.3, 0.4) is 0 Å². The van der Waals surface area contributed by atoms with Crippen molar-refractivity contribution in [3.05, 3.63) is 35.4 Å². The molecule has 0 heterocycles. The summed E-state index contributed by atoms with van der Waals surface area (Å²) in [5.74, 6) is 0.0107. The number of rotatable bonds is 5. The van der Waals surface area contributed by atoms with E-state index in [9.17, 15) is 9.59 Å². The van der Waals surface area contributed by atoms with Crippen LogP contribution in [0.25, 0.3) is 0 Å². The van der Waals surface area contributed by atoms with Gasteiger partial charge in [-0.1, -0.05) is 31.2 Å². The van der Waals surface area contributed by atoms with E-state index in [0.717, 1.165) is 11.1 Å². The quantitative estimate of drug-likeness (QED) is 0.728. The lowest BCUT2D eigenvalue weighted by Gasteiger charge is -2.06. The molecule has 0 saturated carbocycles. The molecule has 0 fully saturated rings. The van der Waals surface area contributed by atoms with E-state index < -0.39 is 0 Å². The zero-order chi connectivity index (χ0) is 12.7. The Morgan fingerprint density at radius 3 is 1.94 bits per heavy atom. The minimum absolute atomic E-state index is 0.0377. The molecule has 0 aromatic heterocycles. The average molecular weight is 232 g/mol. The summed E-state index contributed by atoms with van der Waals surface area (Å²) in [4.78, 5) is 21.8. The summed E-state index contributed by atoms with van der Waals surface area (Å²) in [6, 6.07) is 7.80. The van der Waals surface area contributed by atoms with Gasteiger partial charge in [0.2, 0.25) is 13.8 Å². The molecule has 0 aliphatic rings. The molecule has 0 aliphatic heterocycles. The van der Waals surface area contributed by atoms with Gasteiger partial charge in [0.1, 0.15) is 0 Å². The molecule has 0 saturated heterocycles. The summed E-state index contributed by atoms with van der Waals surface area (Å²) in [5.41, 5.74) is 2.10. The van der Waals surface area contributed by atoms with Crippen LogP contribution in [0.1, 0.15) is 24.5 Å². The van der Waals surface area contributed by atoms with Crippen LogP contribution >= 0.6 is 0 Å². The normalized spacial score (nSPS) is 9.71. The smallest absolute Gasteiger partial charge is 0.219 e. The molecule has 90 valence electrons. The number of benzene rings is 1. The van der Waals surface area contributed by atoms with Gasteiger partial charge in [-0.2, -0.15) is 0 Å². The molecule has 1 aromatic carbocycles.